The van der Waals surface area contributed by atoms with Gasteiger partial charge >= 0.3 is 5.97 Å². The molecule has 0 bridgehead atoms. The van der Waals surface area contributed by atoms with Crippen molar-refractivity contribution in [1.82, 2.24) is 15.3 Å². The lowest BCUT2D eigenvalue weighted by molar-refractivity contribution is -0.133. The first-order valence-electron chi connectivity index (χ1n) is 11.4. The quantitative estimate of drug-likeness (QED) is 0.393. The number of nitrogens with one attached hydrogen (secondary N) is 1. The van der Waals surface area contributed by atoms with Gasteiger partial charge in [-0.3, -0.25) is 10.4 Å². The monoisotopic (exact) mass is 513 g/mol. The van der Waals surface area contributed by atoms with Crippen LogP contribution in [0.2, 0.25) is 0 Å². The average molecular weight is 514 g/mol. The zero-order chi connectivity index (χ0) is 23.8. The van der Waals surface area contributed by atoms with Crippen LogP contribution in [0.4, 0.5) is 0 Å². The summed E-state index contributed by atoms with van der Waals surface area (Å²) in [7, 11) is 0. The van der Waals surface area contributed by atoms with E-state index in [1.54, 1.807) is 6.08 Å². The van der Waals surface area contributed by atoms with Gasteiger partial charge in [-0.1, -0.05) is 59.6 Å². The number of carboxylic acid groups (broad SMARTS) is 1. The van der Waals surface area contributed by atoms with E-state index in [1.807, 2.05) is 41.4 Å². The van der Waals surface area contributed by atoms with E-state index in [2.05, 4.69) is 65.2 Å². The second-order valence-electron chi connectivity index (χ2n) is 7.95. The third-order valence-electron chi connectivity index (χ3n) is 5.66. The number of hydrazine groups is 1. The molecule has 0 saturated heterocycles. The third kappa shape index (κ3) is 6.32. The number of hydrogen-bond acceptors (Lipinski definition) is 5. The van der Waals surface area contributed by atoms with E-state index in [-0.39, 0.29) is 11.7 Å². The van der Waals surface area contributed by atoms with Crippen molar-refractivity contribution in [3.63, 3.8) is 0 Å². The van der Waals surface area contributed by atoms with E-state index in [0.717, 1.165) is 46.6 Å². The minimum absolute atomic E-state index is 0.00442. The number of carboxylic acids is 1. The molecule has 33 heavy (non-hydrogen) atoms. The first-order chi connectivity index (χ1) is 15.9. The van der Waals surface area contributed by atoms with Gasteiger partial charge in [0.25, 0.3) is 0 Å². The van der Waals surface area contributed by atoms with E-state index in [1.165, 1.54) is 0 Å². The summed E-state index contributed by atoms with van der Waals surface area (Å²) < 4.78 is 7.22. The molecule has 6 nitrogen and oxygen atoms in total. The Hall–Kier alpha value is -2.93. The SMILES string of the molecule is CCCCN1NC(C(=O)O)=CC=C1N(CC)C(C)c1cc(Br)ccc1OCc1ccccc1. The number of carbonyl (C=O) groups is 1. The molecule has 1 unspecified atom stereocenters. The molecular weight excluding hydrogens is 482 g/mol. The minimum atomic E-state index is -0.966. The highest BCUT2D eigenvalue weighted by molar-refractivity contribution is 9.10. The van der Waals surface area contributed by atoms with Crippen LogP contribution in [0, 0.1) is 0 Å². The van der Waals surface area contributed by atoms with Gasteiger partial charge in [-0.25, -0.2) is 4.79 Å². The Morgan fingerprint density at radius 3 is 2.61 bits per heavy atom. The number of rotatable bonds is 11. The fourth-order valence-corrected chi connectivity index (χ4v) is 4.24. The van der Waals surface area contributed by atoms with E-state index in [9.17, 15) is 9.90 Å². The summed E-state index contributed by atoms with van der Waals surface area (Å²) in [5, 5.41) is 11.4. The molecule has 3 rings (SSSR count). The molecule has 176 valence electrons. The fraction of sp³-hybridized carbons (Fsp3) is 0.346. The third-order valence-corrected chi connectivity index (χ3v) is 6.15. The summed E-state index contributed by atoms with van der Waals surface area (Å²) in [6.07, 6.45) is 5.48. The molecular formula is C26H32BrN3O3. The number of aliphatic carboxylic acids is 1. The van der Waals surface area contributed by atoms with Crippen molar-refractivity contribution < 1.29 is 14.6 Å². The topological polar surface area (TPSA) is 65.0 Å². The van der Waals surface area contributed by atoms with E-state index in [4.69, 9.17) is 4.74 Å². The highest BCUT2D eigenvalue weighted by Crippen LogP contribution is 2.35. The molecule has 0 radical (unpaired) electrons. The first kappa shape index (κ1) is 24.7. The molecule has 1 heterocycles. The van der Waals surface area contributed by atoms with Crippen molar-refractivity contribution in [2.24, 2.45) is 0 Å². The van der Waals surface area contributed by atoms with Gasteiger partial charge in [0.2, 0.25) is 0 Å². The largest absolute Gasteiger partial charge is 0.489 e. The Labute approximate surface area is 204 Å². The molecule has 7 heteroatoms. The van der Waals surface area contributed by atoms with Gasteiger partial charge in [-0.05, 0) is 56.2 Å². The maximum atomic E-state index is 11.5. The summed E-state index contributed by atoms with van der Waals surface area (Å²) in [6, 6.07) is 16.2. The maximum absolute atomic E-state index is 11.5. The van der Waals surface area contributed by atoms with Crippen molar-refractivity contribution in [3.8, 4) is 5.75 Å². The van der Waals surface area contributed by atoms with Crippen LogP contribution in [0.25, 0.3) is 0 Å². The number of ether oxygens (including phenoxy) is 1. The second kappa shape index (κ2) is 11.8. The molecule has 0 aromatic heterocycles. The normalized spacial score (nSPS) is 14.1. The average Bonchev–Trinajstić information content (AvgIpc) is 2.83. The molecule has 1 aliphatic rings. The number of benzene rings is 2. The van der Waals surface area contributed by atoms with Crippen LogP contribution in [0.1, 0.15) is 50.8 Å². The lowest BCUT2D eigenvalue weighted by atomic mass is 10.0. The number of halogens is 1. The van der Waals surface area contributed by atoms with Crippen LogP contribution in [-0.4, -0.2) is 34.1 Å². The maximum Gasteiger partial charge on any atom is 0.353 e. The molecule has 0 spiro atoms. The Morgan fingerprint density at radius 1 is 1.18 bits per heavy atom. The lowest BCUT2D eigenvalue weighted by Gasteiger charge is -2.41. The molecule has 1 atom stereocenters. The van der Waals surface area contributed by atoms with E-state index >= 15 is 0 Å². The molecule has 0 saturated carbocycles. The molecule has 0 fully saturated rings. The van der Waals surface area contributed by atoms with Crippen molar-refractivity contribution in [2.75, 3.05) is 13.1 Å². The summed E-state index contributed by atoms with van der Waals surface area (Å²) in [5.41, 5.74) is 5.43. The van der Waals surface area contributed by atoms with Gasteiger partial charge in [0, 0.05) is 23.1 Å². The van der Waals surface area contributed by atoms with E-state index < -0.39 is 5.97 Å². The Morgan fingerprint density at radius 2 is 1.94 bits per heavy atom. The second-order valence-corrected chi connectivity index (χ2v) is 8.86. The number of unbranched alkanes of at least 4 members (excludes halogenated alkanes) is 1. The molecule has 0 aliphatic carbocycles. The molecule has 2 N–H and O–H groups in total. The van der Waals surface area contributed by atoms with Gasteiger partial charge < -0.3 is 14.7 Å². The molecule has 2 aromatic carbocycles. The van der Waals surface area contributed by atoms with Crippen molar-refractivity contribution >= 4 is 21.9 Å². The first-order valence-corrected chi connectivity index (χ1v) is 12.2. The van der Waals surface area contributed by atoms with Gasteiger partial charge in [0.1, 0.15) is 23.9 Å². The van der Waals surface area contributed by atoms with Crippen LogP contribution >= 0.6 is 15.9 Å². The predicted molar refractivity (Wildman–Crippen MR) is 134 cm³/mol. The van der Waals surface area contributed by atoms with Crippen LogP contribution < -0.4 is 10.2 Å². The van der Waals surface area contributed by atoms with Crippen molar-refractivity contribution in [1.29, 1.82) is 0 Å². The highest BCUT2D eigenvalue weighted by Gasteiger charge is 2.27. The van der Waals surface area contributed by atoms with Crippen molar-refractivity contribution in [3.05, 3.63) is 87.8 Å². The summed E-state index contributed by atoms with van der Waals surface area (Å²) in [6.45, 7) is 8.33. The summed E-state index contributed by atoms with van der Waals surface area (Å²) in [5.74, 6) is 0.808. The fourth-order valence-electron chi connectivity index (χ4n) is 3.86. The Balaban J connectivity index is 1.90. The van der Waals surface area contributed by atoms with Gasteiger partial charge in [-0.15, -0.1) is 0 Å². The predicted octanol–water partition coefficient (Wildman–Crippen LogP) is 5.84. The van der Waals surface area contributed by atoms with Crippen molar-refractivity contribution in [2.45, 2.75) is 46.3 Å². The Kier molecular flexibility index (Phi) is 8.83. The van der Waals surface area contributed by atoms with Crippen LogP contribution in [0.15, 0.2) is 76.7 Å². The van der Waals surface area contributed by atoms with Gasteiger partial charge in [-0.2, -0.15) is 0 Å². The summed E-state index contributed by atoms with van der Waals surface area (Å²) in [4.78, 5) is 13.8. The zero-order valence-electron chi connectivity index (χ0n) is 19.4. The lowest BCUT2D eigenvalue weighted by Crippen LogP contribution is -2.47. The zero-order valence-corrected chi connectivity index (χ0v) is 21.0. The minimum Gasteiger partial charge on any atom is -0.489 e. The van der Waals surface area contributed by atoms with Crippen LogP contribution in [-0.2, 0) is 11.4 Å². The molecule has 0 amide bonds. The number of allylic oxidation sites excluding steroid dienone is 2. The van der Waals surface area contributed by atoms with Crippen LogP contribution in [0.5, 0.6) is 5.75 Å². The Bertz CT molecular complexity index is 1010. The summed E-state index contributed by atoms with van der Waals surface area (Å²) >= 11 is 3.61. The van der Waals surface area contributed by atoms with Gasteiger partial charge in [0.15, 0.2) is 0 Å². The van der Waals surface area contributed by atoms with E-state index in [0.29, 0.717) is 13.2 Å². The smallest absolute Gasteiger partial charge is 0.353 e. The molecule has 2 aromatic rings. The molecule has 1 aliphatic heterocycles. The highest BCUT2D eigenvalue weighted by atomic mass is 79.9. The van der Waals surface area contributed by atoms with Crippen LogP contribution in [0.3, 0.4) is 0 Å². The standard InChI is InChI=1S/C26H32BrN3O3/c1-4-6-16-30-25(15-13-23(28-30)26(31)32)29(5-2)19(3)22-17-21(27)12-14-24(22)33-18-20-10-8-7-9-11-20/h7-15,17,19,28H,4-6,16,18H2,1-3H3,(H,31,32). The number of nitrogens with zero attached hydrogens (tertiary/aromatic N) is 2. The number of hydrogen-bond donors (Lipinski definition) is 2. The van der Waals surface area contributed by atoms with Gasteiger partial charge in [0.05, 0.1) is 6.04 Å².